The molecule has 0 saturated carbocycles. The van der Waals surface area contributed by atoms with Gasteiger partial charge in [0.1, 0.15) is 12.0 Å². The van der Waals surface area contributed by atoms with E-state index in [-0.39, 0.29) is 5.56 Å². The molecule has 0 aromatic carbocycles. The summed E-state index contributed by atoms with van der Waals surface area (Å²) in [6.45, 7) is 1.28. The number of imidazole rings is 1. The van der Waals surface area contributed by atoms with Gasteiger partial charge in [0.05, 0.1) is 18.4 Å². The van der Waals surface area contributed by atoms with Crippen LogP contribution in [0.5, 0.6) is 0 Å². The van der Waals surface area contributed by atoms with Gasteiger partial charge in [-0.1, -0.05) is 0 Å². The van der Waals surface area contributed by atoms with Crippen LogP contribution in [0.25, 0.3) is 0 Å². The van der Waals surface area contributed by atoms with Crippen LogP contribution in [0.2, 0.25) is 0 Å². The molecule has 2 rings (SSSR count). The Labute approximate surface area is 97.7 Å². The smallest absolute Gasteiger partial charge is 0.338 e. The van der Waals surface area contributed by atoms with E-state index in [9.17, 15) is 4.79 Å². The SMILES string of the molecule is O=C(O)c1coc(CNCCc2cnc[nH]2)c1. The van der Waals surface area contributed by atoms with Gasteiger partial charge in [0, 0.05) is 24.9 Å². The van der Waals surface area contributed by atoms with Crippen molar-refractivity contribution in [2.24, 2.45) is 0 Å². The van der Waals surface area contributed by atoms with E-state index in [2.05, 4.69) is 15.3 Å². The van der Waals surface area contributed by atoms with Crippen LogP contribution in [-0.4, -0.2) is 27.6 Å². The van der Waals surface area contributed by atoms with Crippen molar-refractivity contribution in [2.45, 2.75) is 13.0 Å². The van der Waals surface area contributed by atoms with Crippen molar-refractivity contribution in [2.75, 3.05) is 6.54 Å². The Kier molecular flexibility index (Phi) is 3.56. The summed E-state index contributed by atoms with van der Waals surface area (Å²) in [7, 11) is 0. The lowest BCUT2D eigenvalue weighted by molar-refractivity contribution is 0.0696. The monoisotopic (exact) mass is 235 g/mol. The van der Waals surface area contributed by atoms with Gasteiger partial charge in [0.25, 0.3) is 0 Å². The van der Waals surface area contributed by atoms with Gasteiger partial charge in [-0.05, 0) is 6.07 Å². The Hall–Kier alpha value is -2.08. The van der Waals surface area contributed by atoms with E-state index < -0.39 is 5.97 Å². The number of nitrogens with zero attached hydrogens (tertiary/aromatic N) is 1. The number of carboxylic acids is 1. The van der Waals surface area contributed by atoms with Gasteiger partial charge in [-0.3, -0.25) is 0 Å². The van der Waals surface area contributed by atoms with Gasteiger partial charge in [-0.25, -0.2) is 9.78 Å². The molecule has 0 radical (unpaired) electrons. The number of nitrogens with one attached hydrogen (secondary N) is 2. The lowest BCUT2D eigenvalue weighted by Crippen LogP contribution is -2.16. The topological polar surface area (TPSA) is 91.2 Å². The molecule has 6 heteroatoms. The molecule has 0 amide bonds. The molecule has 2 aromatic rings. The van der Waals surface area contributed by atoms with E-state index in [1.165, 1.54) is 12.3 Å². The lowest BCUT2D eigenvalue weighted by Gasteiger charge is -2.00. The normalized spacial score (nSPS) is 10.6. The first-order valence-electron chi connectivity index (χ1n) is 5.24. The zero-order valence-electron chi connectivity index (χ0n) is 9.14. The highest BCUT2D eigenvalue weighted by Gasteiger charge is 2.07. The summed E-state index contributed by atoms with van der Waals surface area (Å²) < 4.78 is 5.10. The maximum absolute atomic E-state index is 10.6. The van der Waals surface area contributed by atoms with Crippen LogP contribution < -0.4 is 5.32 Å². The molecule has 0 fully saturated rings. The minimum absolute atomic E-state index is 0.176. The van der Waals surface area contributed by atoms with Gasteiger partial charge < -0.3 is 19.8 Å². The molecule has 0 spiro atoms. The van der Waals surface area contributed by atoms with Gasteiger partial charge in [0.2, 0.25) is 0 Å². The standard InChI is InChI=1S/C11H13N3O3/c15-11(16)8-3-10(17-6-8)5-12-2-1-9-4-13-7-14-9/h3-4,6-7,12H,1-2,5H2,(H,13,14)(H,15,16). The predicted molar refractivity (Wildman–Crippen MR) is 59.7 cm³/mol. The van der Waals surface area contributed by atoms with Crippen molar-refractivity contribution in [1.82, 2.24) is 15.3 Å². The Morgan fingerprint density at radius 3 is 3.12 bits per heavy atom. The zero-order valence-corrected chi connectivity index (χ0v) is 9.14. The van der Waals surface area contributed by atoms with Crippen LogP contribution in [-0.2, 0) is 13.0 Å². The molecule has 6 nitrogen and oxygen atoms in total. The quantitative estimate of drug-likeness (QED) is 0.650. The first-order chi connectivity index (χ1) is 8.25. The van der Waals surface area contributed by atoms with Crippen LogP contribution in [0, 0.1) is 0 Å². The number of H-pyrrole nitrogens is 1. The number of aromatic amines is 1. The maximum atomic E-state index is 10.6. The summed E-state index contributed by atoms with van der Waals surface area (Å²) in [5.41, 5.74) is 1.23. The van der Waals surface area contributed by atoms with E-state index in [0.29, 0.717) is 12.3 Å². The lowest BCUT2D eigenvalue weighted by atomic mass is 10.3. The summed E-state index contributed by atoms with van der Waals surface area (Å²) in [4.78, 5) is 17.5. The summed E-state index contributed by atoms with van der Waals surface area (Å²) >= 11 is 0. The van der Waals surface area contributed by atoms with Crippen LogP contribution in [0.3, 0.4) is 0 Å². The van der Waals surface area contributed by atoms with E-state index in [4.69, 9.17) is 9.52 Å². The summed E-state index contributed by atoms with van der Waals surface area (Å²) in [6.07, 6.45) is 5.50. The first-order valence-corrected chi connectivity index (χ1v) is 5.24. The number of hydrogen-bond acceptors (Lipinski definition) is 4. The highest BCUT2D eigenvalue weighted by Crippen LogP contribution is 2.07. The molecule has 0 aliphatic rings. The van der Waals surface area contributed by atoms with Crippen molar-refractivity contribution in [3.63, 3.8) is 0 Å². The maximum Gasteiger partial charge on any atom is 0.338 e. The molecule has 3 N–H and O–H groups in total. The van der Waals surface area contributed by atoms with E-state index in [1.807, 2.05) is 0 Å². The number of hydrogen-bond donors (Lipinski definition) is 3. The molecule has 2 heterocycles. The molecule has 0 saturated heterocycles. The highest BCUT2D eigenvalue weighted by molar-refractivity contribution is 5.87. The van der Waals surface area contributed by atoms with Gasteiger partial charge in [-0.15, -0.1) is 0 Å². The number of rotatable bonds is 6. The number of furan rings is 1. The van der Waals surface area contributed by atoms with Gasteiger partial charge in [0.15, 0.2) is 0 Å². The Bertz CT molecular complexity index is 476. The molecule has 0 bridgehead atoms. The third-order valence-electron chi connectivity index (χ3n) is 2.33. The van der Waals surface area contributed by atoms with Crippen LogP contribution in [0.15, 0.2) is 29.3 Å². The average molecular weight is 235 g/mol. The van der Waals surface area contributed by atoms with E-state index in [1.54, 1.807) is 12.5 Å². The minimum Gasteiger partial charge on any atom is -0.478 e. The van der Waals surface area contributed by atoms with E-state index in [0.717, 1.165) is 18.7 Å². The molecule has 0 unspecified atom stereocenters. The fourth-order valence-electron chi connectivity index (χ4n) is 1.44. The molecule has 2 aromatic heterocycles. The number of carbonyl (C=O) groups is 1. The number of aromatic nitrogens is 2. The second kappa shape index (κ2) is 5.31. The third-order valence-corrected chi connectivity index (χ3v) is 2.33. The first kappa shape index (κ1) is 11.4. The summed E-state index contributed by atoms with van der Waals surface area (Å²) in [5, 5.41) is 11.9. The third kappa shape index (κ3) is 3.18. The van der Waals surface area contributed by atoms with Crippen LogP contribution >= 0.6 is 0 Å². The predicted octanol–water partition coefficient (Wildman–Crippen LogP) is 1.03. The number of carboxylic acid groups (broad SMARTS) is 1. The highest BCUT2D eigenvalue weighted by atomic mass is 16.4. The molecule has 0 aliphatic carbocycles. The Balaban J connectivity index is 1.72. The van der Waals surface area contributed by atoms with Crippen molar-refractivity contribution in [3.8, 4) is 0 Å². The average Bonchev–Trinajstić information content (AvgIpc) is 2.96. The summed E-state index contributed by atoms with van der Waals surface area (Å²) in [6, 6.07) is 1.52. The van der Waals surface area contributed by atoms with Crippen LogP contribution in [0.1, 0.15) is 21.8 Å². The molecule has 0 aliphatic heterocycles. The van der Waals surface area contributed by atoms with Crippen molar-refractivity contribution in [1.29, 1.82) is 0 Å². The molecular weight excluding hydrogens is 222 g/mol. The molecular formula is C11H13N3O3. The second-order valence-electron chi connectivity index (χ2n) is 3.61. The second-order valence-corrected chi connectivity index (χ2v) is 3.61. The minimum atomic E-state index is -0.975. The number of aromatic carboxylic acids is 1. The fraction of sp³-hybridized carbons (Fsp3) is 0.273. The van der Waals surface area contributed by atoms with Crippen LogP contribution in [0.4, 0.5) is 0 Å². The van der Waals surface area contributed by atoms with Crippen molar-refractivity contribution < 1.29 is 14.3 Å². The van der Waals surface area contributed by atoms with Crippen molar-refractivity contribution in [3.05, 3.63) is 41.9 Å². The fourth-order valence-corrected chi connectivity index (χ4v) is 1.44. The van der Waals surface area contributed by atoms with Crippen molar-refractivity contribution >= 4 is 5.97 Å². The largest absolute Gasteiger partial charge is 0.478 e. The van der Waals surface area contributed by atoms with Gasteiger partial charge in [-0.2, -0.15) is 0 Å². The Morgan fingerprint density at radius 2 is 2.47 bits per heavy atom. The summed E-state index contributed by atoms with van der Waals surface area (Å²) in [5.74, 6) is -0.357. The van der Waals surface area contributed by atoms with E-state index >= 15 is 0 Å². The zero-order chi connectivity index (χ0) is 12.1. The Morgan fingerprint density at radius 1 is 1.59 bits per heavy atom. The molecule has 17 heavy (non-hydrogen) atoms. The van der Waals surface area contributed by atoms with Gasteiger partial charge >= 0.3 is 5.97 Å². The molecule has 90 valence electrons. The molecule has 0 atom stereocenters.